The van der Waals surface area contributed by atoms with E-state index in [4.69, 9.17) is 0 Å². The standard InChI is InChI=1S/C5H3BrF2N2S/c6-3-1-9-5(10-2-3)11-4(7)8/h1-2,4H. The van der Waals surface area contributed by atoms with Gasteiger partial charge in [0.05, 0.1) is 4.47 Å². The molecular formula is C5H3BrF2N2S. The lowest BCUT2D eigenvalue weighted by atomic mass is 10.7. The maximum atomic E-state index is 11.7. The van der Waals surface area contributed by atoms with Crippen LogP contribution in [0.3, 0.4) is 0 Å². The molecule has 1 aromatic heterocycles. The Morgan fingerprint density at radius 1 is 1.36 bits per heavy atom. The van der Waals surface area contributed by atoms with Crippen LogP contribution in [0.1, 0.15) is 0 Å². The molecular weight excluding hydrogens is 238 g/mol. The van der Waals surface area contributed by atoms with Crippen molar-refractivity contribution in [2.75, 3.05) is 0 Å². The quantitative estimate of drug-likeness (QED) is 0.587. The van der Waals surface area contributed by atoms with Crippen molar-refractivity contribution in [1.29, 1.82) is 0 Å². The number of thioether (sulfide) groups is 1. The molecule has 1 rings (SSSR count). The van der Waals surface area contributed by atoms with Crippen LogP contribution in [-0.4, -0.2) is 15.7 Å². The van der Waals surface area contributed by atoms with Gasteiger partial charge in [0.15, 0.2) is 5.16 Å². The van der Waals surface area contributed by atoms with E-state index in [9.17, 15) is 8.78 Å². The van der Waals surface area contributed by atoms with E-state index >= 15 is 0 Å². The van der Waals surface area contributed by atoms with Gasteiger partial charge in [0.1, 0.15) is 0 Å². The van der Waals surface area contributed by atoms with Crippen LogP contribution >= 0.6 is 27.7 Å². The number of halogens is 3. The monoisotopic (exact) mass is 240 g/mol. The fourth-order valence-corrected chi connectivity index (χ4v) is 1.03. The second-order valence-electron chi connectivity index (χ2n) is 1.56. The van der Waals surface area contributed by atoms with Crippen molar-refractivity contribution in [3.05, 3.63) is 16.9 Å². The Morgan fingerprint density at radius 2 is 1.91 bits per heavy atom. The molecule has 0 amide bonds. The summed E-state index contributed by atoms with van der Waals surface area (Å²) in [5.41, 5.74) is 0. The molecule has 0 saturated heterocycles. The fourth-order valence-electron chi connectivity index (χ4n) is 0.441. The molecule has 0 aliphatic carbocycles. The summed E-state index contributed by atoms with van der Waals surface area (Å²) in [6.07, 6.45) is 2.86. The second kappa shape index (κ2) is 3.96. The fraction of sp³-hybridized carbons (Fsp3) is 0.200. The maximum absolute atomic E-state index is 11.7. The van der Waals surface area contributed by atoms with Gasteiger partial charge in [-0.2, -0.15) is 8.78 Å². The van der Waals surface area contributed by atoms with Crippen LogP contribution in [0.4, 0.5) is 8.78 Å². The predicted molar refractivity (Wildman–Crippen MR) is 41.6 cm³/mol. The van der Waals surface area contributed by atoms with Gasteiger partial charge in [-0.15, -0.1) is 0 Å². The van der Waals surface area contributed by atoms with Crippen molar-refractivity contribution in [2.45, 2.75) is 10.9 Å². The minimum atomic E-state index is -2.46. The summed E-state index contributed by atoms with van der Waals surface area (Å²) >= 11 is 3.42. The normalized spacial score (nSPS) is 10.5. The third-order valence-electron chi connectivity index (χ3n) is 0.791. The number of hydrogen-bond acceptors (Lipinski definition) is 3. The largest absolute Gasteiger partial charge is 0.291 e. The van der Waals surface area contributed by atoms with Crippen LogP contribution in [0.2, 0.25) is 0 Å². The highest BCUT2D eigenvalue weighted by molar-refractivity contribution is 9.10. The lowest BCUT2D eigenvalue weighted by Gasteiger charge is -1.95. The first-order valence-corrected chi connectivity index (χ1v) is 4.28. The highest BCUT2D eigenvalue weighted by Crippen LogP contribution is 2.21. The Labute approximate surface area is 74.6 Å². The van der Waals surface area contributed by atoms with Crippen LogP contribution in [0.25, 0.3) is 0 Å². The Hall–Kier alpha value is -0.230. The maximum Gasteiger partial charge on any atom is 0.291 e. The lowest BCUT2D eigenvalue weighted by molar-refractivity contribution is 0.251. The summed E-state index contributed by atoms with van der Waals surface area (Å²) < 4.78 is 24.1. The van der Waals surface area contributed by atoms with Crippen molar-refractivity contribution in [3.63, 3.8) is 0 Å². The van der Waals surface area contributed by atoms with Crippen molar-refractivity contribution in [2.24, 2.45) is 0 Å². The molecule has 0 aliphatic heterocycles. The van der Waals surface area contributed by atoms with Gasteiger partial charge in [-0.05, 0) is 27.7 Å². The molecule has 0 aliphatic rings. The molecule has 0 N–H and O–H groups in total. The summed E-state index contributed by atoms with van der Waals surface area (Å²) in [6, 6.07) is 0. The molecule has 0 fully saturated rings. The van der Waals surface area contributed by atoms with E-state index in [-0.39, 0.29) is 5.16 Å². The molecule has 11 heavy (non-hydrogen) atoms. The first-order valence-electron chi connectivity index (χ1n) is 2.61. The zero-order valence-electron chi connectivity index (χ0n) is 5.17. The molecule has 0 bridgehead atoms. The molecule has 0 saturated carbocycles. The molecule has 60 valence electrons. The number of aromatic nitrogens is 2. The average molecular weight is 241 g/mol. The number of alkyl halides is 2. The SMILES string of the molecule is FC(F)Sc1ncc(Br)cn1. The summed E-state index contributed by atoms with van der Waals surface area (Å²) in [4.78, 5) is 7.29. The molecule has 6 heteroatoms. The number of nitrogens with zero attached hydrogens (tertiary/aromatic N) is 2. The van der Waals surface area contributed by atoms with Crippen molar-refractivity contribution in [3.8, 4) is 0 Å². The molecule has 0 unspecified atom stereocenters. The first-order chi connectivity index (χ1) is 5.18. The third kappa shape index (κ3) is 3.11. The molecule has 1 aromatic rings. The zero-order valence-corrected chi connectivity index (χ0v) is 7.57. The topological polar surface area (TPSA) is 25.8 Å². The van der Waals surface area contributed by atoms with Crippen LogP contribution in [0.5, 0.6) is 0 Å². The molecule has 0 atom stereocenters. The Kier molecular flexibility index (Phi) is 3.19. The molecule has 0 radical (unpaired) electrons. The van der Waals surface area contributed by atoms with Gasteiger partial charge in [0, 0.05) is 12.4 Å². The van der Waals surface area contributed by atoms with E-state index in [2.05, 4.69) is 25.9 Å². The zero-order chi connectivity index (χ0) is 8.27. The summed E-state index contributed by atoms with van der Waals surface area (Å²) in [7, 11) is 0. The summed E-state index contributed by atoms with van der Waals surface area (Å²) in [5.74, 6) is -2.46. The third-order valence-corrected chi connectivity index (χ3v) is 1.80. The first kappa shape index (κ1) is 8.86. The lowest BCUT2D eigenvalue weighted by Crippen LogP contribution is -1.88. The Morgan fingerprint density at radius 3 is 2.36 bits per heavy atom. The van der Waals surface area contributed by atoms with Gasteiger partial charge in [-0.3, -0.25) is 0 Å². The summed E-state index contributed by atoms with van der Waals surface area (Å²) in [6.45, 7) is 0. The number of rotatable bonds is 2. The van der Waals surface area contributed by atoms with Crippen molar-refractivity contribution < 1.29 is 8.78 Å². The highest BCUT2D eigenvalue weighted by atomic mass is 79.9. The van der Waals surface area contributed by atoms with E-state index in [0.717, 1.165) is 0 Å². The van der Waals surface area contributed by atoms with E-state index < -0.39 is 5.76 Å². The van der Waals surface area contributed by atoms with Gasteiger partial charge < -0.3 is 0 Å². The average Bonchev–Trinajstić information content (AvgIpc) is 1.93. The van der Waals surface area contributed by atoms with Gasteiger partial charge in [0.25, 0.3) is 5.76 Å². The van der Waals surface area contributed by atoms with Crippen LogP contribution in [-0.2, 0) is 0 Å². The highest BCUT2D eigenvalue weighted by Gasteiger charge is 2.06. The van der Waals surface area contributed by atoms with Gasteiger partial charge in [0.2, 0.25) is 0 Å². The molecule has 0 spiro atoms. The minimum absolute atomic E-state index is 0.0863. The van der Waals surface area contributed by atoms with Crippen LogP contribution in [0, 0.1) is 0 Å². The van der Waals surface area contributed by atoms with Crippen LogP contribution in [0.15, 0.2) is 22.0 Å². The minimum Gasteiger partial charge on any atom is -0.230 e. The second-order valence-corrected chi connectivity index (χ2v) is 3.44. The van der Waals surface area contributed by atoms with E-state index in [1.807, 2.05) is 0 Å². The summed E-state index contributed by atoms with van der Waals surface area (Å²) in [5, 5.41) is 0.0863. The van der Waals surface area contributed by atoms with Crippen LogP contribution < -0.4 is 0 Å². The molecule has 0 aromatic carbocycles. The van der Waals surface area contributed by atoms with Gasteiger partial charge in [-0.1, -0.05) is 0 Å². The van der Waals surface area contributed by atoms with Gasteiger partial charge in [-0.25, -0.2) is 9.97 Å². The van der Waals surface area contributed by atoms with E-state index in [1.165, 1.54) is 12.4 Å². The molecule has 2 nitrogen and oxygen atoms in total. The van der Waals surface area contributed by atoms with Crippen molar-refractivity contribution in [1.82, 2.24) is 9.97 Å². The Bertz CT molecular complexity index is 228. The smallest absolute Gasteiger partial charge is 0.230 e. The van der Waals surface area contributed by atoms with Crippen molar-refractivity contribution >= 4 is 27.7 Å². The van der Waals surface area contributed by atoms with E-state index in [0.29, 0.717) is 16.2 Å². The predicted octanol–water partition coefficient (Wildman–Crippen LogP) is 2.55. The number of hydrogen-bond donors (Lipinski definition) is 0. The molecule has 1 heterocycles. The Balaban J connectivity index is 2.66. The van der Waals surface area contributed by atoms with Gasteiger partial charge >= 0.3 is 0 Å². The van der Waals surface area contributed by atoms with E-state index in [1.54, 1.807) is 0 Å².